The van der Waals surface area contributed by atoms with E-state index < -0.39 is 0 Å². The fraction of sp³-hybridized carbons (Fsp3) is 0.235. The minimum absolute atomic E-state index is 0.371. The van der Waals surface area contributed by atoms with E-state index in [2.05, 4.69) is 37.1 Å². The van der Waals surface area contributed by atoms with Gasteiger partial charge in [0, 0.05) is 34.9 Å². The normalized spacial score (nSPS) is 18.2. The van der Waals surface area contributed by atoms with Gasteiger partial charge in [-0.1, -0.05) is 41.9 Å². The van der Waals surface area contributed by atoms with Crippen LogP contribution in [0.1, 0.15) is 18.1 Å². The molecule has 0 spiro atoms. The van der Waals surface area contributed by atoms with Crippen LogP contribution >= 0.6 is 11.6 Å². The van der Waals surface area contributed by atoms with Gasteiger partial charge in [0.15, 0.2) is 0 Å². The first kappa shape index (κ1) is 13.2. The molecule has 0 saturated carbocycles. The van der Waals surface area contributed by atoms with E-state index in [4.69, 9.17) is 16.6 Å². The van der Waals surface area contributed by atoms with Gasteiger partial charge >= 0.3 is 0 Å². The van der Waals surface area contributed by atoms with Crippen LogP contribution in [0.25, 0.3) is 0 Å². The van der Waals surface area contributed by atoms with Gasteiger partial charge in [0.25, 0.3) is 0 Å². The highest BCUT2D eigenvalue weighted by molar-refractivity contribution is 6.31. The molecule has 3 rings (SSSR count). The zero-order chi connectivity index (χ0) is 14.1. The van der Waals surface area contributed by atoms with Crippen LogP contribution in [0.4, 0.5) is 5.69 Å². The largest absolute Gasteiger partial charge is 0.369 e. The average Bonchev–Trinajstić information content (AvgIpc) is 2.58. The van der Waals surface area contributed by atoms with E-state index in [0.717, 1.165) is 28.4 Å². The third-order valence-corrected chi connectivity index (χ3v) is 4.05. The summed E-state index contributed by atoms with van der Waals surface area (Å²) in [6.45, 7) is 2.98. The molecule has 1 aliphatic heterocycles. The molecule has 0 aromatic heterocycles. The van der Waals surface area contributed by atoms with Crippen LogP contribution in [0.3, 0.4) is 0 Å². The lowest BCUT2D eigenvalue weighted by atomic mass is 10.0. The molecule has 1 atom stereocenters. The molecule has 0 aliphatic carbocycles. The molecule has 20 heavy (non-hydrogen) atoms. The number of benzene rings is 2. The molecule has 0 fully saturated rings. The van der Waals surface area contributed by atoms with Gasteiger partial charge in [-0.15, -0.1) is 0 Å². The van der Waals surface area contributed by atoms with Crippen LogP contribution in [-0.2, 0) is 0 Å². The van der Waals surface area contributed by atoms with Crippen LogP contribution in [0.5, 0.6) is 0 Å². The summed E-state index contributed by atoms with van der Waals surface area (Å²) in [5, 5.41) is 0.746. The van der Waals surface area contributed by atoms with Gasteiger partial charge in [0.1, 0.15) is 0 Å². The standard InChI is InChI=1S/C17H17ClN2/c1-12-11-19-17(13-6-4-3-5-7-13)15-10-14(18)8-9-16(15)20(12)2/h3-10,12H,11H2,1-2H3. The number of fused-ring (bicyclic) bond motifs is 1. The molecule has 2 nitrogen and oxygen atoms in total. The molecule has 0 saturated heterocycles. The molecular weight excluding hydrogens is 268 g/mol. The lowest BCUT2D eigenvalue weighted by molar-refractivity contribution is 0.702. The van der Waals surface area contributed by atoms with Gasteiger partial charge in [-0.25, -0.2) is 0 Å². The van der Waals surface area contributed by atoms with Crippen LogP contribution in [0.2, 0.25) is 5.02 Å². The third-order valence-electron chi connectivity index (χ3n) is 3.82. The Bertz CT molecular complexity index is 649. The van der Waals surface area contributed by atoms with Crippen LogP contribution in [-0.4, -0.2) is 25.3 Å². The molecule has 1 heterocycles. The van der Waals surface area contributed by atoms with Gasteiger partial charge in [-0.2, -0.15) is 0 Å². The van der Waals surface area contributed by atoms with E-state index in [-0.39, 0.29) is 0 Å². The van der Waals surface area contributed by atoms with Crippen molar-refractivity contribution in [2.45, 2.75) is 13.0 Å². The van der Waals surface area contributed by atoms with E-state index in [1.165, 1.54) is 5.69 Å². The average molecular weight is 285 g/mol. The summed E-state index contributed by atoms with van der Waals surface area (Å²) in [6.07, 6.45) is 0. The highest BCUT2D eigenvalue weighted by Gasteiger charge is 2.21. The summed E-state index contributed by atoms with van der Waals surface area (Å²) in [7, 11) is 2.11. The van der Waals surface area contributed by atoms with E-state index in [1.54, 1.807) is 0 Å². The Kier molecular flexibility index (Phi) is 3.49. The smallest absolute Gasteiger partial charge is 0.0741 e. The maximum atomic E-state index is 6.19. The zero-order valence-electron chi connectivity index (χ0n) is 11.7. The Hall–Kier alpha value is -1.80. The lowest BCUT2D eigenvalue weighted by Gasteiger charge is -2.25. The molecule has 1 aliphatic rings. The molecule has 0 amide bonds. The summed E-state index contributed by atoms with van der Waals surface area (Å²) in [5.74, 6) is 0. The molecule has 2 aromatic carbocycles. The quantitative estimate of drug-likeness (QED) is 0.772. The van der Waals surface area contributed by atoms with Crippen molar-refractivity contribution in [3.05, 3.63) is 64.7 Å². The fourth-order valence-electron chi connectivity index (χ4n) is 2.52. The summed E-state index contributed by atoms with van der Waals surface area (Å²) in [6, 6.07) is 16.7. The first-order valence-corrected chi connectivity index (χ1v) is 7.17. The molecule has 1 unspecified atom stereocenters. The van der Waals surface area contributed by atoms with Crippen molar-refractivity contribution in [2.24, 2.45) is 4.99 Å². The number of nitrogens with zero attached hydrogens (tertiary/aromatic N) is 2. The van der Waals surface area contributed by atoms with Crippen molar-refractivity contribution >= 4 is 23.0 Å². The van der Waals surface area contributed by atoms with Gasteiger partial charge in [-0.3, -0.25) is 4.99 Å². The van der Waals surface area contributed by atoms with Crippen molar-refractivity contribution < 1.29 is 0 Å². The second-order valence-electron chi connectivity index (χ2n) is 5.18. The molecule has 0 N–H and O–H groups in total. The van der Waals surface area contributed by atoms with Crippen LogP contribution in [0.15, 0.2) is 53.5 Å². The summed E-state index contributed by atoms with van der Waals surface area (Å²) in [4.78, 5) is 7.09. The molecule has 0 radical (unpaired) electrons. The molecule has 0 bridgehead atoms. The zero-order valence-corrected chi connectivity index (χ0v) is 12.4. The summed E-state index contributed by atoms with van der Waals surface area (Å²) >= 11 is 6.19. The lowest BCUT2D eigenvalue weighted by Crippen LogP contribution is -2.30. The fourth-order valence-corrected chi connectivity index (χ4v) is 2.69. The second kappa shape index (κ2) is 5.29. The van der Waals surface area contributed by atoms with Gasteiger partial charge in [0.2, 0.25) is 0 Å². The monoisotopic (exact) mass is 284 g/mol. The Morgan fingerprint density at radius 2 is 1.90 bits per heavy atom. The number of halogens is 1. The molecular formula is C17H17ClN2. The Morgan fingerprint density at radius 1 is 1.15 bits per heavy atom. The predicted molar refractivity (Wildman–Crippen MR) is 86.3 cm³/mol. The first-order chi connectivity index (χ1) is 9.66. The van der Waals surface area contributed by atoms with E-state index in [1.807, 2.05) is 30.3 Å². The Balaban J connectivity index is 2.20. The maximum Gasteiger partial charge on any atom is 0.0741 e. The maximum absolute atomic E-state index is 6.19. The van der Waals surface area contributed by atoms with E-state index in [9.17, 15) is 0 Å². The number of hydrogen-bond acceptors (Lipinski definition) is 2. The van der Waals surface area contributed by atoms with Crippen molar-refractivity contribution in [2.75, 3.05) is 18.5 Å². The minimum atomic E-state index is 0.371. The van der Waals surface area contributed by atoms with E-state index in [0.29, 0.717) is 6.04 Å². The number of rotatable bonds is 1. The molecule has 102 valence electrons. The SMILES string of the molecule is CC1CN=C(c2ccccc2)c2cc(Cl)ccc2N1C. The topological polar surface area (TPSA) is 15.6 Å². The Morgan fingerprint density at radius 3 is 2.65 bits per heavy atom. The highest BCUT2D eigenvalue weighted by Crippen LogP contribution is 2.29. The number of aliphatic imine (C=N–C) groups is 1. The number of benzodiazepines with no additional fused rings is 1. The first-order valence-electron chi connectivity index (χ1n) is 6.79. The van der Waals surface area contributed by atoms with E-state index >= 15 is 0 Å². The van der Waals surface area contributed by atoms with Crippen LogP contribution in [0, 0.1) is 0 Å². The third kappa shape index (κ3) is 2.32. The number of hydrogen-bond donors (Lipinski definition) is 0. The Labute approximate surface area is 124 Å². The second-order valence-corrected chi connectivity index (χ2v) is 5.61. The van der Waals surface area contributed by atoms with Crippen molar-refractivity contribution in [1.29, 1.82) is 0 Å². The van der Waals surface area contributed by atoms with Gasteiger partial charge in [0.05, 0.1) is 12.3 Å². The molecule has 2 aromatic rings. The van der Waals surface area contributed by atoms with Gasteiger partial charge < -0.3 is 4.90 Å². The van der Waals surface area contributed by atoms with Crippen LogP contribution < -0.4 is 4.90 Å². The van der Waals surface area contributed by atoms with Crippen molar-refractivity contribution in [3.8, 4) is 0 Å². The van der Waals surface area contributed by atoms with Gasteiger partial charge in [-0.05, 0) is 25.1 Å². The number of anilines is 1. The summed E-state index contributed by atoms with van der Waals surface area (Å²) < 4.78 is 0. The molecule has 3 heteroatoms. The summed E-state index contributed by atoms with van der Waals surface area (Å²) in [5.41, 5.74) is 4.45. The predicted octanol–water partition coefficient (Wildman–Crippen LogP) is 4.02. The van der Waals surface area contributed by atoms with Crippen molar-refractivity contribution in [1.82, 2.24) is 0 Å². The minimum Gasteiger partial charge on any atom is -0.369 e. The number of likely N-dealkylation sites (N-methyl/N-ethyl adjacent to an activating group) is 1. The highest BCUT2D eigenvalue weighted by atomic mass is 35.5. The van der Waals surface area contributed by atoms with Crippen molar-refractivity contribution in [3.63, 3.8) is 0 Å².